The maximum absolute atomic E-state index is 12.3. The van der Waals surface area contributed by atoms with E-state index in [0.717, 1.165) is 0 Å². The highest BCUT2D eigenvalue weighted by molar-refractivity contribution is 6.08. The minimum Gasteiger partial charge on any atom is -0.462 e. The smallest absolute Gasteiger partial charge is 0.338 e. The Hall–Kier alpha value is -1.64. The molecule has 0 bridgehead atoms. The fourth-order valence-corrected chi connectivity index (χ4v) is 1.58. The summed E-state index contributed by atoms with van der Waals surface area (Å²) < 4.78 is 5.20. The van der Waals surface area contributed by atoms with Gasteiger partial charge in [-0.15, -0.1) is 0 Å². The predicted molar refractivity (Wildman–Crippen MR) is 75.3 cm³/mol. The zero-order chi connectivity index (χ0) is 14.6. The number of esters is 1. The summed E-state index contributed by atoms with van der Waals surface area (Å²) in [5.74, 6) is -0.207. The summed E-state index contributed by atoms with van der Waals surface area (Å²) in [5.41, 5.74) is 0.265. The van der Waals surface area contributed by atoms with Crippen molar-refractivity contribution in [3.05, 3.63) is 35.4 Å². The highest BCUT2D eigenvalue weighted by Crippen LogP contribution is 2.23. The van der Waals surface area contributed by atoms with E-state index in [-0.39, 0.29) is 11.7 Å². The Morgan fingerprint density at radius 3 is 2.11 bits per heavy atom. The van der Waals surface area contributed by atoms with Crippen LogP contribution in [0.4, 0.5) is 0 Å². The molecule has 0 atom stereocenters. The van der Waals surface area contributed by atoms with Gasteiger partial charge in [0.1, 0.15) is 0 Å². The molecule has 0 aliphatic heterocycles. The maximum Gasteiger partial charge on any atom is 0.338 e. The molecule has 0 amide bonds. The maximum atomic E-state index is 12.3. The summed E-state index contributed by atoms with van der Waals surface area (Å²) in [6.07, 6.45) is 0. The number of ketones is 1. The van der Waals surface area contributed by atoms with Crippen molar-refractivity contribution in [3.8, 4) is 0 Å². The lowest BCUT2D eigenvalue weighted by molar-refractivity contribution is 0.0455. The van der Waals surface area contributed by atoms with E-state index in [9.17, 15) is 9.59 Å². The molecule has 1 aromatic carbocycles. The van der Waals surface area contributed by atoms with Crippen LogP contribution in [0.15, 0.2) is 24.3 Å². The zero-order valence-electron chi connectivity index (χ0n) is 12.3. The van der Waals surface area contributed by atoms with Gasteiger partial charge in [0.2, 0.25) is 0 Å². The average Bonchev–Trinajstić information content (AvgIpc) is 2.33. The molecule has 1 aromatic rings. The Labute approximate surface area is 115 Å². The average molecular weight is 262 g/mol. The van der Waals surface area contributed by atoms with Crippen LogP contribution in [0, 0.1) is 11.3 Å². The zero-order valence-corrected chi connectivity index (χ0v) is 12.3. The Balaban J connectivity index is 3.03. The van der Waals surface area contributed by atoms with Crippen molar-refractivity contribution in [1.82, 2.24) is 0 Å². The molecule has 0 aromatic heterocycles. The lowest BCUT2D eigenvalue weighted by atomic mass is 9.85. The second kappa shape index (κ2) is 6.00. The summed E-state index contributed by atoms with van der Waals surface area (Å²) in [6, 6.07) is 6.82. The largest absolute Gasteiger partial charge is 0.462 e. The number of ether oxygens (including phenoxy) is 1. The molecule has 0 saturated heterocycles. The van der Waals surface area contributed by atoms with Crippen molar-refractivity contribution in [2.45, 2.75) is 34.6 Å². The second-order valence-electron chi connectivity index (χ2n) is 6.12. The van der Waals surface area contributed by atoms with E-state index in [1.165, 1.54) is 0 Å². The minimum absolute atomic E-state index is 0.0513. The fraction of sp³-hybridized carbons (Fsp3) is 0.500. The third-order valence-corrected chi connectivity index (χ3v) is 2.62. The van der Waals surface area contributed by atoms with Gasteiger partial charge in [0, 0.05) is 11.0 Å². The first kappa shape index (κ1) is 15.4. The highest BCUT2D eigenvalue weighted by Gasteiger charge is 2.27. The number of Topliss-reactive ketones (excluding diaryl/α,β-unsaturated/α-hetero) is 1. The molecular formula is C16H22O3. The molecule has 0 radical (unpaired) electrons. The number of hydrogen-bond acceptors (Lipinski definition) is 3. The van der Waals surface area contributed by atoms with Crippen molar-refractivity contribution >= 4 is 11.8 Å². The van der Waals surface area contributed by atoms with Gasteiger partial charge in [-0.1, -0.05) is 52.8 Å². The van der Waals surface area contributed by atoms with Crippen LogP contribution in [0.5, 0.6) is 0 Å². The molecule has 0 unspecified atom stereocenters. The number of carbonyl (C=O) groups excluding carboxylic acids is 2. The Bertz CT molecular complexity index is 467. The molecule has 0 aliphatic rings. The van der Waals surface area contributed by atoms with Gasteiger partial charge < -0.3 is 4.74 Å². The molecular weight excluding hydrogens is 240 g/mol. The molecule has 1 rings (SSSR count). The summed E-state index contributed by atoms with van der Waals surface area (Å²) in [5, 5.41) is 0. The first-order valence-corrected chi connectivity index (χ1v) is 6.54. The van der Waals surface area contributed by atoms with Crippen LogP contribution in [-0.2, 0) is 4.74 Å². The van der Waals surface area contributed by atoms with E-state index in [1.807, 2.05) is 34.6 Å². The lowest BCUT2D eigenvalue weighted by Gasteiger charge is -2.18. The predicted octanol–water partition coefficient (Wildman–Crippen LogP) is 3.73. The van der Waals surface area contributed by atoms with Crippen molar-refractivity contribution < 1.29 is 14.3 Å². The SMILES string of the molecule is CC(C)COC(=O)c1ccccc1C(=O)C(C)(C)C. The molecule has 104 valence electrons. The Morgan fingerprint density at radius 1 is 1.11 bits per heavy atom. The molecule has 0 spiro atoms. The van der Waals surface area contributed by atoms with Crippen molar-refractivity contribution in [2.75, 3.05) is 6.61 Å². The van der Waals surface area contributed by atoms with Crippen LogP contribution in [0.1, 0.15) is 55.3 Å². The normalized spacial score (nSPS) is 11.5. The topological polar surface area (TPSA) is 43.4 Å². The van der Waals surface area contributed by atoms with Crippen LogP contribution >= 0.6 is 0 Å². The van der Waals surface area contributed by atoms with Gasteiger partial charge in [0.25, 0.3) is 0 Å². The van der Waals surface area contributed by atoms with Gasteiger partial charge in [-0.2, -0.15) is 0 Å². The first-order valence-electron chi connectivity index (χ1n) is 6.54. The van der Waals surface area contributed by atoms with Gasteiger partial charge in [-0.3, -0.25) is 4.79 Å². The van der Waals surface area contributed by atoms with E-state index < -0.39 is 11.4 Å². The number of benzene rings is 1. The van der Waals surface area contributed by atoms with Crippen LogP contribution in [0.2, 0.25) is 0 Å². The van der Waals surface area contributed by atoms with Gasteiger partial charge in [-0.05, 0) is 12.0 Å². The summed E-state index contributed by atoms with van der Waals surface area (Å²) in [7, 11) is 0. The Morgan fingerprint density at radius 2 is 1.63 bits per heavy atom. The van der Waals surface area contributed by atoms with Crippen molar-refractivity contribution in [3.63, 3.8) is 0 Å². The van der Waals surface area contributed by atoms with E-state index in [1.54, 1.807) is 24.3 Å². The van der Waals surface area contributed by atoms with Gasteiger partial charge in [-0.25, -0.2) is 4.79 Å². The fourth-order valence-electron chi connectivity index (χ4n) is 1.58. The minimum atomic E-state index is -0.519. The van der Waals surface area contributed by atoms with Gasteiger partial charge in [0.15, 0.2) is 5.78 Å². The molecule has 0 heterocycles. The third-order valence-electron chi connectivity index (χ3n) is 2.62. The number of carbonyl (C=O) groups is 2. The van der Waals surface area contributed by atoms with E-state index in [2.05, 4.69) is 0 Å². The van der Waals surface area contributed by atoms with E-state index in [4.69, 9.17) is 4.74 Å². The number of hydrogen-bond donors (Lipinski definition) is 0. The van der Waals surface area contributed by atoms with Crippen molar-refractivity contribution in [2.24, 2.45) is 11.3 Å². The monoisotopic (exact) mass is 262 g/mol. The van der Waals surface area contributed by atoms with Crippen LogP contribution in [0.3, 0.4) is 0 Å². The number of rotatable bonds is 4. The second-order valence-corrected chi connectivity index (χ2v) is 6.12. The molecule has 19 heavy (non-hydrogen) atoms. The molecule has 0 saturated carbocycles. The quantitative estimate of drug-likeness (QED) is 0.613. The van der Waals surface area contributed by atoms with Crippen LogP contribution in [0.25, 0.3) is 0 Å². The highest BCUT2D eigenvalue weighted by atomic mass is 16.5. The van der Waals surface area contributed by atoms with Crippen molar-refractivity contribution in [1.29, 1.82) is 0 Å². The summed E-state index contributed by atoms with van der Waals surface area (Å²) in [4.78, 5) is 24.3. The molecule has 0 N–H and O–H groups in total. The van der Waals surface area contributed by atoms with Crippen LogP contribution in [-0.4, -0.2) is 18.4 Å². The van der Waals surface area contributed by atoms with Crippen LogP contribution < -0.4 is 0 Å². The van der Waals surface area contributed by atoms with E-state index >= 15 is 0 Å². The third kappa shape index (κ3) is 4.19. The lowest BCUT2D eigenvalue weighted by Crippen LogP contribution is -2.23. The molecule has 3 heteroatoms. The molecule has 3 nitrogen and oxygen atoms in total. The molecule has 0 aliphatic carbocycles. The summed E-state index contributed by atoms with van der Waals surface area (Å²) >= 11 is 0. The van der Waals surface area contributed by atoms with Gasteiger partial charge in [0.05, 0.1) is 12.2 Å². The van der Waals surface area contributed by atoms with Gasteiger partial charge >= 0.3 is 5.97 Å². The molecule has 0 fully saturated rings. The summed E-state index contributed by atoms with van der Waals surface area (Å²) in [6.45, 7) is 9.82. The Kier molecular flexibility index (Phi) is 4.87. The standard InChI is InChI=1S/C16H22O3/c1-11(2)10-19-15(18)13-9-7-6-8-12(13)14(17)16(3,4)5/h6-9,11H,10H2,1-5H3. The van der Waals surface area contributed by atoms with E-state index in [0.29, 0.717) is 17.7 Å². The first-order chi connectivity index (χ1) is 8.73.